The van der Waals surface area contributed by atoms with Crippen LogP contribution in [0.5, 0.6) is 5.75 Å². The largest absolute Gasteiger partial charge is 0.497 e. The van der Waals surface area contributed by atoms with Crippen LogP contribution in [0, 0.1) is 12.7 Å². The van der Waals surface area contributed by atoms with E-state index in [1.165, 1.54) is 23.5 Å². The highest BCUT2D eigenvalue weighted by Crippen LogP contribution is 2.29. The topological polar surface area (TPSA) is 85.9 Å². The van der Waals surface area contributed by atoms with Gasteiger partial charge in [0.05, 0.1) is 18.1 Å². The van der Waals surface area contributed by atoms with E-state index in [1.807, 2.05) is 11.8 Å². The van der Waals surface area contributed by atoms with Crippen molar-refractivity contribution in [3.63, 3.8) is 0 Å². The Bertz CT molecular complexity index is 1170. The van der Waals surface area contributed by atoms with Crippen LogP contribution in [0.1, 0.15) is 17.4 Å². The Morgan fingerprint density at radius 3 is 2.45 bits per heavy atom. The van der Waals surface area contributed by atoms with Crippen molar-refractivity contribution in [2.75, 3.05) is 39.8 Å². The van der Waals surface area contributed by atoms with E-state index in [-0.39, 0.29) is 10.7 Å². The van der Waals surface area contributed by atoms with Gasteiger partial charge in [-0.1, -0.05) is 0 Å². The number of aliphatic hydroxyl groups is 1. The second-order valence-electron chi connectivity index (χ2n) is 7.75. The summed E-state index contributed by atoms with van der Waals surface area (Å²) in [5.41, 5.74) is 2.26. The maximum atomic E-state index is 13.7. The summed E-state index contributed by atoms with van der Waals surface area (Å²) in [6.45, 7) is 3.88. The van der Waals surface area contributed by atoms with Crippen molar-refractivity contribution in [2.24, 2.45) is 0 Å². The first-order valence-electron chi connectivity index (χ1n) is 10.1. The first-order valence-corrected chi connectivity index (χ1v) is 11.6. The maximum absolute atomic E-state index is 13.7. The first-order chi connectivity index (χ1) is 14.8. The molecule has 0 saturated carbocycles. The normalized spacial score (nSPS) is 17.2. The fourth-order valence-corrected chi connectivity index (χ4v) is 5.56. The van der Waals surface area contributed by atoms with Gasteiger partial charge in [-0.2, -0.15) is 4.31 Å². The number of hydrogen-bond donors (Lipinski definition) is 2. The van der Waals surface area contributed by atoms with Gasteiger partial charge in [-0.15, -0.1) is 0 Å². The van der Waals surface area contributed by atoms with Gasteiger partial charge in [0.15, 0.2) is 0 Å². The van der Waals surface area contributed by atoms with Crippen LogP contribution in [0.2, 0.25) is 0 Å². The van der Waals surface area contributed by atoms with Crippen LogP contribution in [0.4, 0.5) is 4.39 Å². The zero-order chi connectivity index (χ0) is 22.2. The van der Waals surface area contributed by atoms with Crippen LogP contribution >= 0.6 is 0 Å². The molecule has 1 aliphatic rings. The highest BCUT2D eigenvalue weighted by atomic mass is 32.2. The number of hydrogen-bond acceptors (Lipinski definition) is 5. The lowest BCUT2D eigenvalue weighted by Gasteiger charge is -2.35. The van der Waals surface area contributed by atoms with Crippen LogP contribution in [-0.2, 0) is 10.0 Å². The van der Waals surface area contributed by atoms with Gasteiger partial charge in [-0.3, -0.25) is 4.90 Å². The van der Waals surface area contributed by atoms with E-state index >= 15 is 0 Å². The predicted molar refractivity (Wildman–Crippen MR) is 116 cm³/mol. The molecule has 0 amide bonds. The minimum atomic E-state index is -3.58. The molecule has 1 atom stereocenters. The Balaban J connectivity index is 1.42. The number of rotatable bonds is 6. The van der Waals surface area contributed by atoms with Crippen molar-refractivity contribution in [2.45, 2.75) is 17.9 Å². The van der Waals surface area contributed by atoms with Gasteiger partial charge in [0.2, 0.25) is 10.0 Å². The third kappa shape index (κ3) is 4.31. The molecule has 1 aliphatic heterocycles. The van der Waals surface area contributed by atoms with Gasteiger partial charge in [0, 0.05) is 54.9 Å². The van der Waals surface area contributed by atoms with E-state index in [9.17, 15) is 17.9 Å². The van der Waals surface area contributed by atoms with Crippen molar-refractivity contribution in [3.05, 3.63) is 59.5 Å². The number of halogens is 1. The average Bonchev–Trinajstić information content (AvgIpc) is 3.09. The number of piperazine rings is 1. The number of methoxy groups -OCH3 is 1. The molecule has 2 N–H and O–H groups in total. The molecule has 31 heavy (non-hydrogen) atoms. The summed E-state index contributed by atoms with van der Waals surface area (Å²) in [7, 11) is -2.05. The Hall–Kier alpha value is -2.46. The summed E-state index contributed by atoms with van der Waals surface area (Å²) in [4.78, 5) is 5.45. The van der Waals surface area contributed by atoms with E-state index in [0.29, 0.717) is 49.4 Å². The smallest absolute Gasteiger partial charge is 0.243 e. The molecule has 1 unspecified atom stereocenters. The van der Waals surface area contributed by atoms with E-state index in [1.54, 1.807) is 30.3 Å². The molecule has 166 valence electrons. The van der Waals surface area contributed by atoms with Gasteiger partial charge in [0.1, 0.15) is 11.6 Å². The highest BCUT2D eigenvalue weighted by Gasteiger charge is 2.30. The van der Waals surface area contributed by atoms with Gasteiger partial charge in [0.25, 0.3) is 0 Å². The molecule has 2 heterocycles. The summed E-state index contributed by atoms with van der Waals surface area (Å²) < 4.78 is 46.1. The molecule has 9 heteroatoms. The summed E-state index contributed by atoms with van der Waals surface area (Å²) >= 11 is 0. The van der Waals surface area contributed by atoms with Crippen LogP contribution in [-0.4, -0.2) is 67.5 Å². The van der Waals surface area contributed by atoms with Gasteiger partial charge < -0.3 is 14.8 Å². The number of H-pyrrole nitrogens is 1. The highest BCUT2D eigenvalue weighted by molar-refractivity contribution is 7.89. The molecule has 4 rings (SSSR count). The zero-order valence-electron chi connectivity index (χ0n) is 17.5. The van der Waals surface area contributed by atoms with E-state index in [0.717, 1.165) is 11.2 Å². The van der Waals surface area contributed by atoms with Gasteiger partial charge in [-0.05, 0) is 49.4 Å². The molecule has 1 aromatic heterocycles. The third-order valence-electron chi connectivity index (χ3n) is 5.79. The Morgan fingerprint density at radius 2 is 1.81 bits per heavy atom. The molecule has 7 nitrogen and oxygen atoms in total. The average molecular weight is 448 g/mol. The Labute approximate surface area is 181 Å². The number of ether oxygens (including phenoxy) is 1. The third-order valence-corrected chi connectivity index (χ3v) is 7.70. The van der Waals surface area contributed by atoms with Crippen LogP contribution in [0.3, 0.4) is 0 Å². The summed E-state index contributed by atoms with van der Waals surface area (Å²) in [5, 5.41) is 11.5. The molecule has 1 fully saturated rings. The fraction of sp³-hybridized carbons (Fsp3) is 0.364. The SMILES string of the molecule is COc1ccc(S(=O)(=O)N2CCN(CC(O)c3c(C)[nH]c4ccc(F)cc34)CC2)cc1. The number of aryl methyl sites for hydroxylation is 1. The lowest BCUT2D eigenvalue weighted by atomic mass is 10.0. The van der Waals surface area contributed by atoms with Crippen LogP contribution < -0.4 is 4.74 Å². The number of aliphatic hydroxyl groups excluding tert-OH is 1. The monoisotopic (exact) mass is 447 g/mol. The lowest BCUT2D eigenvalue weighted by Crippen LogP contribution is -2.49. The minimum absolute atomic E-state index is 0.234. The minimum Gasteiger partial charge on any atom is -0.497 e. The van der Waals surface area contributed by atoms with Gasteiger partial charge >= 0.3 is 0 Å². The molecule has 3 aromatic rings. The number of nitrogens with zero attached hydrogens (tertiary/aromatic N) is 2. The number of aromatic amines is 1. The predicted octanol–water partition coefficient (Wildman–Crippen LogP) is 2.66. The molecule has 0 aliphatic carbocycles. The van der Waals surface area contributed by atoms with Crippen LogP contribution in [0.15, 0.2) is 47.4 Å². The van der Waals surface area contributed by atoms with Crippen molar-refractivity contribution < 1.29 is 22.7 Å². The standard InChI is InChI=1S/C22H26FN3O4S/c1-15-22(19-13-16(23)3-8-20(19)24-15)21(27)14-25-9-11-26(12-10-25)31(28,29)18-6-4-17(30-2)5-7-18/h3-8,13,21,24,27H,9-12,14H2,1-2H3. The first kappa shape index (κ1) is 21.8. The second-order valence-corrected chi connectivity index (χ2v) is 9.69. The molecule has 0 spiro atoms. The molecular formula is C22H26FN3O4S. The second kappa shape index (κ2) is 8.58. The molecular weight excluding hydrogens is 421 g/mol. The van der Waals surface area contributed by atoms with Crippen LogP contribution in [0.25, 0.3) is 10.9 Å². The Kier molecular flexibility index (Phi) is 6.02. The molecule has 0 bridgehead atoms. The number of nitrogens with one attached hydrogen (secondary N) is 1. The van der Waals surface area contributed by atoms with Crippen molar-refractivity contribution in [3.8, 4) is 5.75 Å². The van der Waals surface area contributed by atoms with Crippen molar-refractivity contribution in [1.29, 1.82) is 0 Å². The van der Waals surface area contributed by atoms with E-state index < -0.39 is 16.1 Å². The van der Waals surface area contributed by atoms with E-state index in [2.05, 4.69) is 4.98 Å². The number of β-amino-alcohol motifs (C(OH)–C–C–N with tert-alkyl or cyclic N) is 1. The summed E-state index contributed by atoms with van der Waals surface area (Å²) in [6, 6.07) is 10.8. The summed E-state index contributed by atoms with van der Waals surface area (Å²) in [5.74, 6) is 0.252. The molecule has 1 saturated heterocycles. The molecule has 2 aromatic carbocycles. The van der Waals surface area contributed by atoms with Crippen molar-refractivity contribution in [1.82, 2.24) is 14.2 Å². The number of aromatic nitrogens is 1. The number of sulfonamides is 1. The fourth-order valence-electron chi connectivity index (χ4n) is 4.13. The van der Waals surface area contributed by atoms with Gasteiger partial charge in [-0.25, -0.2) is 12.8 Å². The lowest BCUT2D eigenvalue weighted by molar-refractivity contribution is 0.0926. The quantitative estimate of drug-likeness (QED) is 0.607. The van der Waals surface area contributed by atoms with E-state index in [4.69, 9.17) is 4.74 Å². The van der Waals surface area contributed by atoms with Crippen molar-refractivity contribution >= 4 is 20.9 Å². The number of benzene rings is 2. The summed E-state index contributed by atoms with van der Waals surface area (Å²) in [6.07, 6.45) is -0.805. The Morgan fingerprint density at radius 1 is 1.13 bits per heavy atom. The maximum Gasteiger partial charge on any atom is 0.243 e. The molecule has 0 radical (unpaired) electrons. The number of fused-ring (bicyclic) bond motifs is 1. The zero-order valence-corrected chi connectivity index (χ0v) is 18.3.